The second-order valence-corrected chi connectivity index (χ2v) is 3.29. The quantitative estimate of drug-likeness (QED) is 0.698. The maximum Gasteiger partial charge on any atom is 0.0736 e. The molecule has 0 aromatic carbocycles. The summed E-state index contributed by atoms with van der Waals surface area (Å²) in [5.41, 5.74) is 2.34. The summed E-state index contributed by atoms with van der Waals surface area (Å²) in [5, 5.41) is 3.39. The Kier molecular flexibility index (Phi) is 2.57. The minimum atomic E-state index is 0.273. The highest BCUT2D eigenvalue weighted by atomic mass is 16.5. The average molecular weight is 178 g/mol. The number of aromatic nitrogens is 1. The van der Waals surface area contributed by atoms with Gasteiger partial charge in [0.25, 0.3) is 0 Å². The van der Waals surface area contributed by atoms with Gasteiger partial charge >= 0.3 is 0 Å². The molecule has 3 nitrogen and oxygen atoms in total. The molecule has 0 amide bonds. The van der Waals surface area contributed by atoms with Crippen LogP contribution in [0.5, 0.6) is 0 Å². The summed E-state index contributed by atoms with van der Waals surface area (Å²) in [7, 11) is 0. The largest absolute Gasteiger partial charge is 0.378 e. The fraction of sp³-hybridized carbons (Fsp3) is 0.500. The first-order valence-corrected chi connectivity index (χ1v) is 4.60. The van der Waals surface area contributed by atoms with Crippen molar-refractivity contribution >= 4 is 0 Å². The van der Waals surface area contributed by atoms with Crippen molar-refractivity contribution in [3.63, 3.8) is 0 Å². The Balaban J connectivity index is 2.18. The zero-order valence-corrected chi connectivity index (χ0v) is 7.79. The van der Waals surface area contributed by atoms with Crippen LogP contribution in [-0.2, 0) is 4.74 Å². The van der Waals surface area contributed by atoms with Crippen LogP contribution in [0.2, 0.25) is 0 Å². The number of aryl methyl sites for hydroxylation is 1. The molecule has 0 unspecified atom stereocenters. The zero-order valence-electron chi connectivity index (χ0n) is 7.79. The van der Waals surface area contributed by atoms with Gasteiger partial charge in [-0.05, 0) is 18.6 Å². The van der Waals surface area contributed by atoms with Crippen molar-refractivity contribution in [3.05, 3.63) is 29.6 Å². The highest BCUT2D eigenvalue weighted by Gasteiger charge is 2.17. The number of ether oxygens (including phenoxy) is 1. The fourth-order valence-corrected chi connectivity index (χ4v) is 1.60. The van der Waals surface area contributed by atoms with Crippen LogP contribution in [0.1, 0.15) is 17.3 Å². The molecule has 2 rings (SSSR count). The van der Waals surface area contributed by atoms with Gasteiger partial charge in [0.2, 0.25) is 0 Å². The molecule has 1 N–H and O–H groups in total. The molecule has 1 atom stereocenters. The van der Waals surface area contributed by atoms with Crippen LogP contribution < -0.4 is 5.32 Å². The van der Waals surface area contributed by atoms with Crippen LogP contribution in [-0.4, -0.2) is 24.7 Å². The molecule has 3 heteroatoms. The van der Waals surface area contributed by atoms with Gasteiger partial charge in [0.05, 0.1) is 24.9 Å². The third-order valence-corrected chi connectivity index (χ3v) is 2.30. The van der Waals surface area contributed by atoms with E-state index in [-0.39, 0.29) is 6.04 Å². The summed E-state index contributed by atoms with van der Waals surface area (Å²) >= 11 is 0. The van der Waals surface area contributed by atoms with Gasteiger partial charge in [-0.2, -0.15) is 0 Å². The van der Waals surface area contributed by atoms with Gasteiger partial charge in [-0.15, -0.1) is 0 Å². The lowest BCUT2D eigenvalue weighted by molar-refractivity contribution is 0.0754. The van der Waals surface area contributed by atoms with E-state index in [2.05, 4.69) is 23.3 Å². The molecule has 1 aliphatic heterocycles. The Labute approximate surface area is 78.1 Å². The van der Waals surface area contributed by atoms with E-state index in [1.807, 2.05) is 12.3 Å². The molecule has 13 heavy (non-hydrogen) atoms. The van der Waals surface area contributed by atoms with Crippen molar-refractivity contribution in [1.82, 2.24) is 10.3 Å². The highest BCUT2D eigenvalue weighted by Crippen LogP contribution is 2.16. The molecule has 2 heterocycles. The number of nitrogens with one attached hydrogen (secondary N) is 1. The van der Waals surface area contributed by atoms with Crippen molar-refractivity contribution < 1.29 is 4.74 Å². The fourth-order valence-electron chi connectivity index (χ4n) is 1.60. The summed E-state index contributed by atoms with van der Waals surface area (Å²) in [5.74, 6) is 0. The molecule has 0 saturated carbocycles. The molecule has 1 aliphatic rings. The van der Waals surface area contributed by atoms with Crippen LogP contribution in [0.3, 0.4) is 0 Å². The molecular formula is C10H14N2O. The van der Waals surface area contributed by atoms with E-state index in [1.54, 1.807) is 0 Å². The smallest absolute Gasteiger partial charge is 0.0736 e. The standard InChI is InChI=1S/C10H14N2O/c1-8-3-2-4-12-10(8)9-7-13-6-5-11-9/h2-4,9,11H,5-7H2,1H3/t9-/m1/s1. The van der Waals surface area contributed by atoms with Gasteiger partial charge in [0.1, 0.15) is 0 Å². The van der Waals surface area contributed by atoms with E-state index in [0.717, 1.165) is 25.5 Å². The van der Waals surface area contributed by atoms with Crippen LogP contribution in [0.15, 0.2) is 18.3 Å². The SMILES string of the molecule is Cc1cccnc1[C@H]1COCCN1. The van der Waals surface area contributed by atoms with E-state index >= 15 is 0 Å². The van der Waals surface area contributed by atoms with Crippen molar-refractivity contribution in [2.24, 2.45) is 0 Å². The third kappa shape index (κ3) is 1.87. The zero-order chi connectivity index (χ0) is 9.10. The van der Waals surface area contributed by atoms with E-state index < -0.39 is 0 Å². The highest BCUT2D eigenvalue weighted by molar-refractivity contribution is 5.21. The number of rotatable bonds is 1. The Morgan fingerprint density at radius 3 is 3.23 bits per heavy atom. The molecule has 70 valence electrons. The number of nitrogens with zero attached hydrogens (tertiary/aromatic N) is 1. The first-order chi connectivity index (χ1) is 6.38. The Hall–Kier alpha value is -0.930. The minimum absolute atomic E-state index is 0.273. The van der Waals surface area contributed by atoms with Gasteiger partial charge < -0.3 is 10.1 Å². The molecule has 0 spiro atoms. The molecule has 0 bridgehead atoms. The lowest BCUT2D eigenvalue weighted by atomic mass is 10.1. The van der Waals surface area contributed by atoms with Gasteiger partial charge in [-0.1, -0.05) is 6.07 Å². The average Bonchev–Trinajstić information content (AvgIpc) is 2.20. The summed E-state index contributed by atoms with van der Waals surface area (Å²) in [4.78, 5) is 4.36. The lowest BCUT2D eigenvalue weighted by Gasteiger charge is -2.24. The number of morpholine rings is 1. The number of pyridine rings is 1. The van der Waals surface area contributed by atoms with Crippen molar-refractivity contribution in [3.8, 4) is 0 Å². The second kappa shape index (κ2) is 3.85. The molecule has 1 fully saturated rings. The predicted molar refractivity (Wildman–Crippen MR) is 50.5 cm³/mol. The van der Waals surface area contributed by atoms with E-state index in [1.165, 1.54) is 5.56 Å². The lowest BCUT2D eigenvalue weighted by Crippen LogP contribution is -2.35. The second-order valence-electron chi connectivity index (χ2n) is 3.29. The first-order valence-electron chi connectivity index (χ1n) is 4.60. The van der Waals surface area contributed by atoms with Crippen LogP contribution in [0, 0.1) is 6.92 Å². The first kappa shape index (κ1) is 8.66. The van der Waals surface area contributed by atoms with Gasteiger partial charge in [0.15, 0.2) is 0 Å². The topological polar surface area (TPSA) is 34.1 Å². The summed E-state index contributed by atoms with van der Waals surface area (Å²) in [6, 6.07) is 4.32. The summed E-state index contributed by atoms with van der Waals surface area (Å²) in [6.07, 6.45) is 1.83. The molecule has 1 aromatic rings. The Morgan fingerprint density at radius 2 is 2.54 bits per heavy atom. The number of hydrogen-bond acceptors (Lipinski definition) is 3. The Bertz CT molecular complexity index is 282. The third-order valence-electron chi connectivity index (χ3n) is 2.30. The van der Waals surface area contributed by atoms with Crippen molar-refractivity contribution in [2.75, 3.05) is 19.8 Å². The molecular weight excluding hydrogens is 164 g/mol. The van der Waals surface area contributed by atoms with Gasteiger partial charge in [0, 0.05) is 12.7 Å². The van der Waals surface area contributed by atoms with E-state index in [0.29, 0.717) is 0 Å². The van der Waals surface area contributed by atoms with Crippen LogP contribution in [0.4, 0.5) is 0 Å². The summed E-state index contributed by atoms with van der Waals surface area (Å²) in [6.45, 7) is 4.54. The predicted octanol–water partition coefficient (Wildman–Crippen LogP) is 1.05. The summed E-state index contributed by atoms with van der Waals surface area (Å²) < 4.78 is 5.39. The van der Waals surface area contributed by atoms with Gasteiger partial charge in [-0.25, -0.2) is 0 Å². The Morgan fingerprint density at radius 1 is 1.62 bits per heavy atom. The van der Waals surface area contributed by atoms with E-state index in [4.69, 9.17) is 4.74 Å². The van der Waals surface area contributed by atoms with Gasteiger partial charge in [-0.3, -0.25) is 4.98 Å². The maximum absolute atomic E-state index is 5.39. The van der Waals surface area contributed by atoms with Crippen LogP contribution >= 0.6 is 0 Å². The van der Waals surface area contributed by atoms with Crippen molar-refractivity contribution in [1.29, 1.82) is 0 Å². The maximum atomic E-state index is 5.39. The van der Waals surface area contributed by atoms with E-state index in [9.17, 15) is 0 Å². The van der Waals surface area contributed by atoms with Crippen molar-refractivity contribution in [2.45, 2.75) is 13.0 Å². The molecule has 0 radical (unpaired) electrons. The minimum Gasteiger partial charge on any atom is -0.378 e. The number of hydrogen-bond donors (Lipinski definition) is 1. The normalized spacial score (nSPS) is 23.0. The molecule has 1 aromatic heterocycles. The monoisotopic (exact) mass is 178 g/mol. The molecule has 0 aliphatic carbocycles. The molecule has 1 saturated heterocycles. The van der Waals surface area contributed by atoms with Crippen LogP contribution in [0.25, 0.3) is 0 Å².